The van der Waals surface area contributed by atoms with E-state index in [0.717, 1.165) is 41.2 Å². The highest BCUT2D eigenvalue weighted by Gasteiger charge is 2.26. The van der Waals surface area contributed by atoms with E-state index in [0.29, 0.717) is 22.9 Å². The quantitative estimate of drug-likeness (QED) is 0.225. The van der Waals surface area contributed by atoms with Gasteiger partial charge < -0.3 is 5.32 Å². The van der Waals surface area contributed by atoms with Crippen LogP contribution in [0.15, 0.2) is 28.6 Å². The number of carbonyl (C=O) groups excluding carboxylic acids is 2. The lowest BCUT2D eigenvalue weighted by Gasteiger charge is -2.14. The first-order valence-corrected chi connectivity index (χ1v) is 11.4. The van der Waals surface area contributed by atoms with Crippen molar-refractivity contribution in [1.29, 1.82) is 0 Å². The zero-order chi connectivity index (χ0) is 19.9. The molecule has 0 bridgehead atoms. The van der Waals surface area contributed by atoms with Crippen LogP contribution < -0.4 is 15.5 Å². The fraction of sp³-hybridized carbons (Fsp3) is 0.421. The summed E-state index contributed by atoms with van der Waals surface area (Å²) in [5.41, 5.74) is 2.13. The van der Waals surface area contributed by atoms with Gasteiger partial charge in [0.2, 0.25) is 0 Å². The normalized spacial score (nSPS) is 14.2. The largest absolute Gasteiger partial charge is 0.325 e. The zero-order valence-electron chi connectivity index (χ0n) is 15.6. The first kappa shape index (κ1) is 21.1. The molecular weight excluding hydrogens is 416 g/mol. The number of nitrogens with one attached hydrogen (secondary N) is 3. The number of nitrogens with zero attached hydrogens (tertiary/aromatic N) is 1. The number of ketones is 1. The van der Waals surface area contributed by atoms with Crippen molar-refractivity contribution in [2.75, 3.05) is 22.9 Å². The van der Waals surface area contributed by atoms with Gasteiger partial charge in [-0.1, -0.05) is 35.8 Å². The maximum atomic E-state index is 12.9. The number of Topliss-reactive ketones (excluding diaryl/α,β-unsaturated/α-hetero) is 1. The topological polar surface area (TPSA) is 83.1 Å². The van der Waals surface area contributed by atoms with E-state index in [4.69, 9.17) is 11.8 Å². The summed E-state index contributed by atoms with van der Waals surface area (Å²) in [7, 11) is 0. The summed E-state index contributed by atoms with van der Waals surface area (Å²) < 4.78 is 0.995. The predicted molar refractivity (Wildman–Crippen MR) is 117 cm³/mol. The van der Waals surface area contributed by atoms with Crippen LogP contribution in [-0.2, 0) is 0 Å². The Balaban J connectivity index is 1.64. The number of rotatable bonds is 8. The molecule has 3 N–H and O–H groups in total. The fourth-order valence-electron chi connectivity index (χ4n) is 3.20. The Kier molecular flexibility index (Phi) is 7.73. The second-order valence-corrected chi connectivity index (χ2v) is 9.38. The molecule has 0 unspecified atom stereocenters. The summed E-state index contributed by atoms with van der Waals surface area (Å²) in [5.74, 6) is 0.997. The second-order valence-electron chi connectivity index (χ2n) is 6.69. The first-order valence-electron chi connectivity index (χ1n) is 9.22. The average molecular weight is 439 g/mol. The molecule has 2 amide bonds. The van der Waals surface area contributed by atoms with Crippen LogP contribution in [0.3, 0.4) is 0 Å². The summed E-state index contributed by atoms with van der Waals surface area (Å²) in [4.78, 5) is 32.1. The number of hydrogen-bond donors (Lipinski definition) is 3. The maximum absolute atomic E-state index is 12.9. The van der Waals surface area contributed by atoms with Crippen molar-refractivity contribution in [1.82, 2.24) is 9.82 Å². The van der Waals surface area contributed by atoms with E-state index in [9.17, 15) is 9.59 Å². The molecule has 2 aromatic rings. The Labute approximate surface area is 178 Å². The molecule has 0 spiro atoms. The standard InChI is InChI=1S/C19H23ClN4O2S2/c1-12-6-7-15(14(10-12)17(25)13-4-2-3-5-13)23-18(26)24-19-21-11-16(28-19)27-9-8-22-20/h6-7,10-11,13,22H,2-5,8-9H2,1H3,(H2,21,23,24,26). The first-order chi connectivity index (χ1) is 13.6. The lowest BCUT2D eigenvalue weighted by molar-refractivity contribution is 0.0923. The molecule has 0 radical (unpaired) electrons. The highest BCUT2D eigenvalue weighted by molar-refractivity contribution is 8.01. The van der Waals surface area contributed by atoms with Crippen molar-refractivity contribution in [2.45, 2.75) is 36.8 Å². The lowest BCUT2D eigenvalue weighted by Crippen LogP contribution is -2.22. The Morgan fingerprint density at radius 1 is 1.29 bits per heavy atom. The summed E-state index contributed by atoms with van der Waals surface area (Å²) >= 11 is 8.45. The van der Waals surface area contributed by atoms with Crippen molar-refractivity contribution in [3.8, 4) is 0 Å². The number of aromatic nitrogens is 1. The molecule has 1 aliphatic carbocycles. The Bertz CT molecular complexity index is 837. The van der Waals surface area contributed by atoms with Crippen LogP contribution in [0.25, 0.3) is 0 Å². The SMILES string of the molecule is Cc1ccc(NC(=O)Nc2ncc(SCCNCl)s2)c(C(=O)C2CCCC2)c1. The summed E-state index contributed by atoms with van der Waals surface area (Å²) in [6, 6.07) is 5.14. The van der Waals surface area contributed by atoms with Crippen LogP contribution >= 0.6 is 34.9 Å². The van der Waals surface area contributed by atoms with Crippen LogP contribution in [0.4, 0.5) is 15.6 Å². The van der Waals surface area contributed by atoms with Gasteiger partial charge in [0.1, 0.15) is 0 Å². The van der Waals surface area contributed by atoms with E-state index in [1.54, 1.807) is 24.0 Å². The molecule has 1 saturated carbocycles. The van der Waals surface area contributed by atoms with E-state index in [-0.39, 0.29) is 11.7 Å². The maximum Gasteiger partial charge on any atom is 0.325 e. The highest BCUT2D eigenvalue weighted by atomic mass is 35.5. The van der Waals surface area contributed by atoms with Crippen molar-refractivity contribution in [3.05, 3.63) is 35.5 Å². The van der Waals surface area contributed by atoms with Gasteiger partial charge in [0.25, 0.3) is 0 Å². The molecule has 28 heavy (non-hydrogen) atoms. The van der Waals surface area contributed by atoms with E-state index in [2.05, 4.69) is 20.5 Å². The van der Waals surface area contributed by atoms with Gasteiger partial charge in [0, 0.05) is 23.8 Å². The molecule has 9 heteroatoms. The number of thiazole rings is 1. The smallest absolute Gasteiger partial charge is 0.307 e. The minimum Gasteiger partial charge on any atom is -0.307 e. The lowest BCUT2D eigenvalue weighted by atomic mass is 9.94. The predicted octanol–water partition coefficient (Wildman–Crippen LogP) is 5.30. The molecule has 3 rings (SSSR count). The number of benzene rings is 1. The molecule has 6 nitrogen and oxygen atoms in total. The van der Waals surface area contributed by atoms with Crippen molar-refractivity contribution < 1.29 is 9.59 Å². The number of thioether (sulfide) groups is 1. The van der Waals surface area contributed by atoms with Gasteiger partial charge >= 0.3 is 6.03 Å². The average Bonchev–Trinajstić information content (AvgIpc) is 3.35. The van der Waals surface area contributed by atoms with Crippen molar-refractivity contribution in [3.63, 3.8) is 0 Å². The minimum absolute atomic E-state index is 0.0615. The zero-order valence-corrected chi connectivity index (χ0v) is 18.0. The van der Waals surface area contributed by atoms with Crippen LogP contribution in [0.1, 0.15) is 41.6 Å². The summed E-state index contributed by atoms with van der Waals surface area (Å²) in [6.45, 7) is 2.63. The number of amides is 2. The number of aryl methyl sites for hydroxylation is 1. The third kappa shape index (κ3) is 5.70. The molecule has 1 fully saturated rings. The Morgan fingerprint density at radius 2 is 2.07 bits per heavy atom. The van der Waals surface area contributed by atoms with Gasteiger partial charge in [0.05, 0.1) is 16.1 Å². The molecule has 0 saturated heterocycles. The molecule has 0 atom stereocenters. The molecule has 1 heterocycles. The van der Waals surface area contributed by atoms with Crippen LogP contribution in [-0.4, -0.2) is 29.1 Å². The molecule has 0 aliphatic heterocycles. The van der Waals surface area contributed by atoms with E-state index >= 15 is 0 Å². The van der Waals surface area contributed by atoms with Gasteiger partial charge in [0.15, 0.2) is 10.9 Å². The molecular formula is C19H23ClN4O2S2. The fourth-order valence-corrected chi connectivity index (χ4v) is 5.21. The number of urea groups is 1. The molecule has 1 aromatic heterocycles. The van der Waals surface area contributed by atoms with E-state index in [1.807, 2.05) is 19.1 Å². The third-order valence-corrected chi connectivity index (χ3v) is 6.86. The van der Waals surface area contributed by atoms with Crippen LogP contribution in [0, 0.1) is 12.8 Å². The van der Waals surface area contributed by atoms with E-state index in [1.165, 1.54) is 11.3 Å². The molecule has 1 aliphatic rings. The summed E-state index contributed by atoms with van der Waals surface area (Å²) in [5, 5.41) is 6.07. The van der Waals surface area contributed by atoms with Crippen LogP contribution in [0.2, 0.25) is 0 Å². The van der Waals surface area contributed by atoms with Gasteiger partial charge in [-0.3, -0.25) is 10.1 Å². The Hall–Kier alpha value is -1.61. The van der Waals surface area contributed by atoms with Gasteiger partial charge in [-0.15, -0.1) is 11.8 Å². The van der Waals surface area contributed by atoms with Crippen LogP contribution in [0.5, 0.6) is 0 Å². The number of anilines is 2. The van der Waals surface area contributed by atoms with Gasteiger partial charge in [-0.2, -0.15) is 0 Å². The van der Waals surface area contributed by atoms with E-state index < -0.39 is 6.03 Å². The van der Waals surface area contributed by atoms with Crippen molar-refractivity contribution in [2.24, 2.45) is 5.92 Å². The van der Waals surface area contributed by atoms with Gasteiger partial charge in [-0.25, -0.2) is 14.6 Å². The minimum atomic E-state index is -0.405. The van der Waals surface area contributed by atoms with Crippen molar-refractivity contribution >= 4 is 57.5 Å². The second kappa shape index (κ2) is 10.2. The summed E-state index contributed by atoms with van der Waals surface area (Å²) in [6.07, 6.45) is 5.77. The van der Waals surface area contributed by atoms with Gasteiger partial charge in [-0.05, 0) is 43.7 Å². The molecule has 150 valence electrons. The number of hydrogen-bond acceptors (Lipinski definition) is 6. The Morgan fingerprint density at radius 3 is 2.82 bits per heavy atom. The number of carbonyl (C=O) groups is 2. The third-order valence-electron chi connectivity index (χ3n) is 4.56. The highest BCUT2D eigenvalue weighted by Crippen LogP contribution is 2.31. The molecule has 1 aromatic carbocycles. The number of halogens is 1. The monoisotopic (exact) mass is 438 g/mol.